The molecule has 34 heavy (non-hydrogen) atoms. The highest BCUT2D eigenvalue weighted by Gasteiger charge is 2.32. The van der Waals surface area contributed by atoms with E-state index in [-0.39, 0.29) is 0 Å². The third kappa shape index (κ3) is 3.29. The summed E-state index contributed by atoms with van der Waals surface area (Å²) in [5, 5.41) is 3.70. The molecule has 3 aromatic heterocycles. The Balaban J connectivity index is 2.06. The standard InChI is InChI=1S/C30H34N3O/c1-17(2)12-20-14-21-13-18(3)19(4)25-26(21)24(15-20)34-29-22(16-30(5,6)31-7)27-23(10-11-32(27)8)33(9)28(25)29/h10-11,13-15,17H,12,16H2,1-6,8-9H3/q+1. The number of aryl methyl sites for hydroxylation is 4. The van der Waals surface area contributed by atoms with Crippen molar-refractivity contribution in [1.82, 2.24) is 4.57 Å². The Morgan fingerprint density at radius 3 is 2.56 bits per heavy atom. The summed E-state index contributed by atoms with van der Waals surface area (Å²) in [5.41, 5.74) is 9.74. The maximum absolute atomic E-state index is 7.80. The molecule has 4 nitrogen and oxygen atoms in total. The van der Waals surface area contributed by atoms with Crippen LogP contribution in [0.25, 0.3) is 48.7 Å². The van der Waals surface area contributed by atoms with Gasteiger partial charge in [0.15, 0.2) is 11.8 Å². The molecule has 5 rings (SSSR count). The van der Waals surface area contributed by atoms with Crippen LogP contribution in [0.5, 0.6) is 0 Å². The molecule has 2 aromatic carbocycles. The molecule has 0 fully saturated rings. The molecule has 5 aromatic rings. The Labute approximate surface area is 201 Å². The van der Waals surface area contributed by atoms with E-state index < -0.39 is 5.54 Å². The highest BCUT2D eigenvalue weighted by Crippen LogP contribution is 2.41. The zero-order valence-electron chi connectivity index (χ0n) is 21.6. The van der Waals surface area contributed by atoms with Crippen molar-refractivity contribution in [3.63, 3.8) is 0 Å². The lowest BCUT2D eigenvalue weighted by molar-refractivity contribution is -0.642. The van der Waals surface area contributed by atoms with Crippen LogP contribution in [0, 0.1) is 26.3 Å². The maximum atomic E-state index is 7.80. The summed E-state index contributed by atoms with van der Waals surface area (Å²) in [6, 6.07) is 9.06. The van der Waals surface area contributed by atoms with Crippen molar-refractivity contribution < 1.29 is 8.98 Å². The van der Waals surface area contributed by atoms with Gasteiger partial charge in [-0.1, -0.05) is 26.0 Å². The quantitative estimate of drug-likeness (QED) is 0.123. The van der Waals surface area contributed by atoms with Gasteiger partial charge >= 0.3 is 0 Å². The number of nitrogens with zero attached hydrogens (tertiary/aromatic N) is 3. The van der Waals surface area contributed by atoms with Crippen LogP contribution in [-0.2, 0) is 26.9 Å². The van der Waals surface area contributed by atoms with Crippen molar-refractivity contribution in [3.8, 4) is 0 Å². The van der Waals surface area contributed by atoms with Crippen LogP contribution in [0.15, 0.2) is 34.9 Å². The summed E-state index contributed by atoms with van der Waals surface area (Å²) in [7, 11) is 4.22. The lowest BCUT2D eigenvalue weighted by Crippen LogP contribution is -2.28. The predicted octanol–water partition coefficient (Wildman–Crippen LogP) is 7.11. The molecule has 0 saturated carbocycles. The summed E-state index contributed by atoms with van der Waals surface area (Å²) in [6.07, 6.45) is 3.75. The van der Waals surface area contributed by atoms with Gasteiger partial charge in [0.1, 0.15) is 18.1 Å². The number of hydrogen-bond acceptors (Lipinski definition) is 1. The Morgan fingerprint density at radius 1 is 1.15 bits per heavy atom. The Bertz CT molecular complexity index is 1650. The molecule has 0 amide bonds. The van der Waals surface area contributed by atoms with Gasteiger partial charge in [-0.2, -0.15) is 4.57 Å². The first kappa shape index (κ1) is 22.5. The molecule has 0 aliphatic carbocycles. The van der Waals surface area contributed by atoms with Crippen molar-refractivity contribution in [1.29, 1.82) is 0 Å². The third-order valence-corrected chi connectivity index (χ3v) is 7.31. The van der Waals surface area contributed by atoms with E-state index in [9.17, 15) is 0 Å². The van der Waals surface area contributed by atoms with Crippen LogP contribution in [0.3, 0.4) is 0 Å². The third-order valence-electron chi connectivity index (χ3n) is 7.31. The summed E-state index contributed by atoms with van der Waals surface area (Å²) < 4.78 is 11.3. The number of fused-ring (bicyclic) bond motifs is 3. The molecular formula is C30H34N3O+. The van der Waals surface area contributed by atoms with Crippen molar-refractivity contribution in [3.05, 3.63) is 64.1 Å². The Hall–Kier alpha value is -3.32. The zero-order chi connectivity index (χ0) is 24.5. The largest absolute Gasteiger partial charge is 0.454 e. The van der Waals surface area contributed by atoms with Crippen molar-refractivity contribution in [2.45, 2.75) is 59.9 Å². The normalized spacial score (nSPS) is 12.6. The van der Waals surface area contributed by atoms with Gasteiger partial charge < -0.3 is 13.8 Å². The first-order valence-electron chi connectivity index (χ1n) is 12.2. The summed E-state index contributed by atoms with van der Waals surface area (Å²) in [5.74, 6) is 0.572. The molecule has 0 aliphatic heterocycles. The molecule has 0 spiro atoms. The zero-order valence-corrected chi connectivity index (χ0v) is 21.6. The Kier molecular flexibility index (Phi) is 5.02. The number of aromatic nitrogens is 2. The number of benzene rings is 2. The first-order chi connectivity index (χ1) is 16.0. The molecule has 3 heterocycles. The van der Waals surface area contributed by atoms with Crippen molar-refractivity contribution in [2.24, 2.45) is 20.0 Å². The molecule has 4 heteroatoms. The van der Waals surface area contributed by atoms with Gasteiger partial charge in [-0.05, 0) is 54.3 Å². The van der Waals surface area contributed by atoms with Crippen LogP contribution in [0.2, 0.25) is 0 Å². The van der Waals surface area contributed by atoms with Gasteiger partial charge in [-0.25, -0.2) is 6.57 Å². The fourth-order valence-electron chi connectivity index (χ4n) is 5.58. The molecule has 174 valence electrons. The van der Waals surface area contributed by atoms with E-state index in [2.05, 4.69) is 86.2 Å². The molecule has 0 radical (unpaired) electrons. The highest BCUT2D eigenvalue weighted by atomic mass is 16.3. The minimum atomic E-state index is -0.523. The van der Waals surface area contributed by atoms with E-state index in [1.807, 2.05) is 13.8 Å². The van der Waals surface area contributed by atoms with Crippen LogP contribution in [0.4, 0.5) is 0 Å². The average molecular weight is 453 g/mol. The van der Waals surface area contributed by atoms with Gasteiger partial charge in [-0.15, -0.1) is 0 Å². The topological polar surface area (TPSA) is 26.3 Å². The van der Waals surface area contributed by atoms with Crippen molar-refractivity contribution in [2.75, 3.05) is 0 Å². The average Bonchev–Trinajstić information content (AvgIpc) is 3.15. The molecule has 0 unspecified atom stereocenters. The Morgan fingerprint density at radius 2 is 1.88 bits per heavy atom. The van der Waals surface area contributed by atoms with E-state index in [4.69, 9.17) is 11.0 Å². The SMILES string of the molecule is [C-]#[N+]C(C)(C)Cc1c2oc3cc(CC(C)C)cc4cc(C)c(C)c(c43)c2n(C)c2cc[n+](C)c12. The van der Waals surface area contributed by atoms with Gasteiger partial charge in [-0.3, -0.25) is 0 Å². The van der Waals surface area contributed by atoms with E-state index in [1.54, 1.807) is 0 Å². The van der Waals surface area contributed by atoms with Gasteiger partial charge in [0.25, 0.3) is 0 Å². The molecule has 0 bridgehead atoms. The van der Waals surface area contributed by atoms with E-state index in [1.165, 1.54) is 32.8 Å². The smallest absolute Gasteiger partial charge is 0.236 e. The second kappa shape index (κ2) is 7.60. The van der Waals surface area contributed by atoms with E-state index >= 15 is 0 Å². The lowest BCUT2D eigenvalue weighted by atomic mass is 9.90. The lowest BCUT2D eigenvalue weighted by Gasteiger charge is -2.20. The monoisotopic (exact) mass is 452 g/mol. The first-order valence-corrected chi connectivity index (χ1v) is 12.2. The number of hydrogen-bond donors (Lipinski definition) is 0. The number of pyridine rings is 1. The van der Waals surface area contributed by atoms with Gasteiger partial charge in [0.2, 0.25) is 11.1 Å². The van der Waals surface area contributed by atoms with Crippen LogP contribution >= 0.6 is 0 Å². The van der Waals surface area contributed by atoms with Crippen LogP contribution in [-0.4, -0.2) is 10.1 Å². The molecule has 0 saturated heterocycles. The minimum absolute atomic E-state index is 0.523. The minimum Gasteiger partial charge on any atom is -0.454 e. The van der Waals surface area contributed by atoms with Crippen molar-refractivity contribution >= 4 is 43.9 Å². The van der Waals surface area contributed by atoms with E-state index in [0.29, 0.717) is 12.3 Å². The summed E-state index contributed by atoms with van der Waals surface area (Å²) in [6.45, 7) is 20.8. The molecular weight excluding hydrogens is 418 g/mol. The molecule has 0 aliphatic rings. The number of rotatable bonds is 4. The fraction of sp³-hybridized carbons (Fsp3) is 0.400. The van der Waals surface area contributed by atoms with Crippen LogP contribution < -0.4 is 4.57 Å². The summed E-state index contributed by atoms with van der Waals surface area (Å²) in [4.78, 5) is 3.95. The fourth-order valence-corrected chi connectivity index (χ4v) is 5.58. The van der Waals surface area contributed by atoms with Crippen LogP contribution in [0.1, 0.15) is 49.9 Å². The molecule has 0 N–H and O–H groups in total. The second-order valence-corrected chi connectivity index (χ2v) is 11.1. The summed E-state index contributed by atoms with van der Waals surface area (Å²) >= 11 is 0. The second-order valence-electron chi connectivity index (χ2n) is 11.1. The molecule has 0 atom stereocenters. The maximum Gasteiger partial charge on any atom is 0.236 e. The van der Waals surface area contributed by atoms with Gasteiger partial charge in [0.05, 0.1) is 17.5 Å². The highest BCUT2D eigenvalue weighted by molar-refractivity contribution is 6.20. The van der Waals surface area contributed by atoms with Gasteiger partial charge in [0, 0.05) is 37.7 Å². The van der Waals surface area contributed by atoms with E-state index in [0.717, 1.165) is 39.7 Å². The predicted molar refractivity (Wildman–Crippen MR) is 141 cm³/mol.